The molecule has 2 rings (SSSR count). The second-order valence-corrected chi connectivity index (χ2v) is 6.12. The third-order valence-corrected chi connectivity index (χ3v) is 4.07. The van der Waals surface area contributed by atoms with Gasteiger partial charge < -0.3 is 15.5 Å². The second kappa shape index (κ2) is 5.81. The van der Waals surface area contributed by atoms with Crippen LogP contribution in [-0.4, -0.2) is 53.2 Å². The van der Waals surface area contributed by atoms with Gasteiger partial charge in [-0.3, -0.25) is 14.4 Å². The van der Waals surface area contributed by atoms with E-state index in [0.717, 1.165) is 12.8 Å². The van der Waals surface area contributed by atoms with Crippen molar-refractivity contribution in [1.29, 1.82) is 0 Å². The van der Waals surface area contributed by atoms with Gasteiger partial charge in [0.2, 0.25) is 17.7 Å². The molecule has 1 unspecified atom stereocenters. The van der Waals surface area contributed by atoms with E-state index in [2.05, 4.69) is 0 Å². The lowest BCUT2D eigenvalue weighted by Crippen LogP contribution is -2.57. The molecule has 2 aliphatic rings. The summed E-state index contributed by atoms with van der Waals surface area (Å²) in [5, 5.41) is 0. The average Bonchev–Trinajstić information content (AvgIpc) is 2.79. The molecule has 0 aromatic heterocycles. The van der Waals surface area contributed by atoms with Crippen molar-refractivity contribution in [2.45, 2.75) is 39.2 Å². The number of carbonyl (C=O) groups is 3. The van der Waals surface area contributed by atoms with Gasteiger partial charge in [-0.1, -0.05) is 13.8 Å². The molecule has 0 aliphatic carbocycles. The van der Waals surface area contributed by atoms with Crippen LogP contribution in [-0.2, 0) is 14.4 Å². The summed E-state index contributed by atoms with van der Waals surface area (Å²) < 4.78 is 0. The normalized spacial score (nSPS) is 23.1. The van der Waals surface area contributed by atoms with Gasteiger partial charge in [-0.2, -0.15) is 0 Å². The van der Waals surface area contributed by atoms with Crippen LogP contribution in [0.3, 0.4) is 0 Å². The van der Waals surface area contributed by atoms with Crippen LogP contribution in [0.15, 0.2) is 0 Å². The molecular formula is C14H23N3O3. The molecule has 112 valence electrons. The van der Waals surface area contributed by atoms with Crippen LogP contribution >= 0.6 is 0 Å². The molecule has 0 bridgehead atoms. The van der Waals surface area contributed by atoms with Crippen LogP contribution in [0.25, 0.3) is 0 Å². The van der Waals surface area contributed by atoms with Crippen molar-refractivity contribution < 1.29 is 14.4 Å². The molecule has 0 radical (unpaired) electrons. The highest BCUT2D eigenvalue weighted by Gasteiger charge is 2.41. The van der Waals surface area contributed by atoms with E-state index < -0.39 is 0 Å². The van der Waals surface area contributed by atoms with Crippen molar-refractivity contribution in [2.75, 3.05) is 19.6 Å². The Kier molecular flexibility index (Phi) is 4.30. The number of nitrogens with two attached hydrogens (primary N) is 1. The van der Waals surface area contributed by atoms with Crippen molar-refractivity contribution in [3.8, 4) is 0 Å². The van der Waals surface area contributed by atoms with E-state index in [-0.39, 0.29) is 35.6 Å². The van der Waals surface area contributed by atoms with Crippen LogP contribution in [0, 0.1) is 11.8 Å². The van der Waals surface area contributed by atoms with E-state index in [1.165, 1.54) is 0 Å². The van der Waals surface area contributed by atoms with Crippen molar-refractivity contribution in [3.63, 3.8) is 0 Å². The molecule has 1 atom stereocenters. The Hall–Kier alpha value is -1.59. The highest BCUT2D eigenvalue weighted by atomic mass is 16.2. The largest absolute Gasteiger partial charge is 0.370 e. The van der Waals surface area contributed by atoms with Crippen molar-refractivity contribution in [2.24, 2.45) is 17.6 Å². The maximum absolute atomic E-state index is 12.4. The molecule has 2 saturated heterocycles. The number of carbonyl (C=O) groups excluding carboxylic acids is 3. The summed E-state index contributed by atoms with van der Waals surface area (Å²) in [7, 11) is 0. The number of nitrogens with zero attached hydrogens (tertiary/aromatic N) is 2. The highest BCUT2D eigenvalue weighted by Crippen LogP contribution is 2.26. The summed E-state index contributed by atoms with van der Waals surface area (Å²) in [5.74, 6) is -0.138. The van der Waals surface area contributed by atoms with Gasteiger partial charge in [0.25, 0.3) is 0 Å². The Labute approximate surface area is 119 Å². The van der Waals surface area contributed by atoms with Gasteiger partial charge in [0, 0.05) is 37.9 Å². The topological polar surface area (TPSA) is 83.7 Å². The minimum atomic E-state index is -0.320. The first-order valence-corrected chi connectivity index (χ1v) is 7.27. The maximum Gasteiger partial charge on any atom is 0.245 e. The van der Waals surface area contributed by atoms with Crippen LogP contribution in [0.1, 0.15) is 33.1 Å². The van der Waals surface area contributed by atoms with E-state index in [1.54, 1.807) is 9.80 Å². The number of rotatable bonds is 4. The Balaban J connectivity index is 1.90. The van der Waals surface area contributed by atoms with E-state index in [4.69, 9.17) is 5.73 Å². The molecule has 2 aliphatic heterocycles. The van der Waals surface area contributed by atoms with Crippen molar-refractivity contribution >= 4 is 17.7 Å². The number of hydrogen-bond acceptors (Lipinski definition) is 3. The van der Waals surface area contributed by atoms with Gasteiger partial charge in [-0.25, -0.2) is 0 Å². The lowest BCUT2D eigenvalue weighted by molar-refractivity contribution is -0.149. The van der Waals surface area contributed by atoms with Gasteiger partial charge in [0.05, 0.1) is 0 Å². The second-order valence-electron chi connectivity index (χ2n) is 6.12. The van der Waals surface area contributed by atoms with Gasteiger partial charge in [0.1, 0.15) is 6.04 Å². The smallest absolute Gasteiger partial charge is 0.245 e. The minimum Gasteiger partial charge on any atom is -0.370 e. The van der Waals surface area contributed by atoms with Crippen LogP contribution in [0.4, 0.5) is 0 Å². The molecule has 2 fully saturated rings. The molecule has 2 N–H and O–H groups in total. The van der Waals surface area contributed by atoms with Crippen LogP contribution in [0.2, 0.25) is 0 Å². The molecule has 2 heterocycles. The lowest BCUT2D eigenvalue weighted by Gasteiger charge is -2.41. The third kappa shape index (κ3) is 2.94. The first kappa shape index (κ1) is 14.8. The summed E-state index contributed by atoms with van der Waals surface area (Å²) in [4.78, 5) is 38.8. The standard InChI is InChI=1S/C14H23N3O3/c1-9(2)13(19)17-5-3-4-11(17)14(20)16-7-10(8-16)6-12(15)18/h9-11H,3-8H2,1-2H3,(H2,15,18). The highest BCUT2D eigenvalue weighted by molar-refractivity contribution is 5.89. The van der Waals surface area contributed by atoms with Gasteiger partial charge in [-0.05, 0) is 12.8 Å². The monoisotopic (exact) mass is 281 g/mol. The molecule has 0 spiro atoms. The average molecular weight is 281 g/mol. The summed E-state index contributed by atoms with van der Waals surface area (Å²) >= 11 is 0. The fourth-order valence-electron chi connectivity index (χ4n) is 2.99. The van der Waals surface area contributed by atoms with Crippen molar-refractivity contribution in [3.05, 3.63) is 0 Å². The van der Waals surface area contributed by atoms with Gasteiger partial charge in [-0.15, -0.1) is 0 Å². The molecule has 0 aromatic carbocycles. The quantitative estimate of drug-likeness (QED) is 0.785. The molecule has 6 nitrogen and oxygen atoms in total. The zero-order chi connectivity index (χ0) is 14.9. The predicted molar refractivity (Wildman–Crippen MR) is 73.5 cm³/mol. The molecule has 20 heavy (non-hydrogen) atoms. The summed E-state index contributed by atoms with van der Waals surface area (Å²) in [6.45, 7) is 5.55. The maximum atomic E-state index is 12.4. The Bertz CT molecular complexity index is 416. The Morgan fingerprint density at radius 2 is 1.90 bits per heavy atom. The van der Waals surface area contributed by atoms with Crippen LogP contribution < -0.4 is 5.73 Å². The first-order valence-electron chi connectivity index (χ1n) is 7.27. The zero-order valence-electron chi connectivity index (χ0n) is 12.2. The SMILES string of the molecule is CC(C)C(=O)N1CCCC1C(=O)N1CC(CC(N)=O)C1. The lowest BCUT2D eigenvalue weighted by atomic mass is 9.94. The summed E-state index contributed by atoms with van der Waals surface area (Å²) in [6.07, 6.45) is 1.96. The molecule has 3 amide bonds. The third-order valence-electron chi connectivity index (χ3n) is 4.07. The Morgan fingerprint density at radius 1 is 1.25 bits per heavy atom. The fourth-order valence-corrected chi connectivity index (χ4v) is 2.99. The minimum absolute atomic E-state index is 0.0252. The summed E-state index contributed by atoms with van der Waals surface area (Å²) in [6, 6.07) is -0.306. The van der Waals surface area contributed by atoms with E-state index in [0.29, 0.717) is 26.1 Å². The first-order chi connectivity index (χ1) is 9.40. The number of primary amides is 1. The Morgan fingerprint density at radius 3 is 2.45 bits per heavy atom. The predicted octanol–water partition coefficient (Wildman–Crippen LogP) is -0.0328. The zero-order valence-corrected chi connectivity index (χ0v) is 12.2. The fraction of sp³-hybridized carbons (Fsp3) is 0.786. The molecule has 6 heteroatoms. The number of amides is 3. The van der Waals surface area contributed by atoms with E-state index in [9.17, 15) is 14.4 Å². The number of hydrogen-bond donors (Lipinski definition) is 1. The van der Waals surface area contributed by atoms with Gasteiger partial charge >= 0.3 is 0 Å². The molecule has 0 aromatic rings. The van der Waals surface area contributed by atoms with E-state index >= 15 is 0 Å². The summed E-state index contributed by atoms with van der Waals surface area (Å²) in [5.41, 5.74) is 5.15. The van der Waals surface area contributed by atoms with Crippen LogP contribution in [0.5, 0.6) is 0 Å². The molecule has 0 saturated carbocycles. The molecular weight excluding hydrogens is 258 g/mol. The van der Waals surface area contributed by atoms with Gasteiger partial charge in [0.15, 0.2) is 0 Å². The number of likely N-dealkylation sites (tertiary alicyclic amines) is 2. The van der Waals surface area contributed by atoms with Crippen molar-refractivity contribution in [1.82, 2.24) is 9.80 Å². The van der Waals surface area contributed by atoms with E-state index in [1.807, 2.05) is 13.8 Å².